The Morgan fingerprint density at radius 2 is 1.95 bits per heavy atom. The Kier molecular flexibility index (Phi) is 3.74. The van der Waals surface area contributed by atoms with Gasteiger partial charge in [0.05, 0.1) is 0 Å². The predicted octanol–water partition coefficient (Wildman–Crippen LogP) is 2.30. The summed E-state index contributed by atoms with van der Waals surface area (Å²) in [5.74, 6) is -0.447. The Bertz CT molecular complexity index is 486. The van der Waals surface area contributed by atoms with Crippen LogP contribution in [0.2, 0.25) is 0 Å². The van der Waals surface area contributed by atoms with Crippen LogP contribution in [0.1, 0.15) is 19.8 Å². The van der Waals surface area contributed by atoms with Crippen molar-refractivity contribution >= 4 is 11.6 Å². The van der Waals surface area contributed by atoms with E-state index in [4.69, 9.17) is 0 Å². The van der Waals surface area contributed by atoms with Crippen LogP contribution < -0.4 is 10.6 Å². The van der Waals surface area contributed by atoms with Gasteiger partial charge in [0, 0.05) is 25.2 Å². The lowest BCUT2D eigenvalue weighted by Gasteiger charge is -2.45. The van der Waals surface area contributed by atoms with E-state index in [2.05, 4.69) is 20.5 Å². The summed E-state index contributed by atoms with van der Waals surface area (Å²) in [6.45, 7) is 5.58. The maximum atomic E-state index is 13.9. The largest absolute Gasteiger partial charge is 0.368 e. The second-order valence-electron chi connectivity index (χ2n) is 5.57. The van der Waals surface area contributed by atoms with Crippen LogP contribution in [0, 0.1) is 17.6 Å². The standard InChI is InChI=1S/C14H20F2N4/c1-2-17-13-10(15)7-11(16)14(19-13)18-12-8-20-5-3-9(12)4-6-20/h7,9,12H,2-6,8H2,1H3,(H2,17,18,19). The van der Waals surface area contributed by atoms with Gasteiger partial charge in [-0.2, -0.15) is 0 Å². The van der Waals surface area contributed by atoms with Crippen LogP contribution in [0.4, 0.5) is 20.4 Å². The molecule has 1 atom stereocenters. The molecule has 0 amide bonds. The average Bonchev–Trinajstić information content (AvgIpc) is 2.45. The van der Waals surface area contributed by atoms with Gasteiger partial charge < -0.3 is 15.5 Å². The van der Waals surface area contributed by atoms with Crippen LogP contribution in [-0.2, 0) is 0 Å². The van der Waals surface area contributed by atoms with Gasteiger partial charge in [-0.05, 0) is 38.8 Å². The Hall–Kier alpha value is -1.43. The molecule has 1 unspecified atom stereocenters. The maximum absolute atomic E-state index is 13.9. The van der Waals surface area contributed by atoms with E-state index in [-0.39, 0.29) is 17.7 Å². The summed E-state index contributed by atoms with van der Waals surface area (Å²) in [5.41, 5.74) is 0. The number of hydrogen-bond donors (Lipinski definition) is 2. The average molecular weight is 282 g/mol. The Morgan fingerprint density at radius 3 is 2.55 bits per heavy atom. The molecule has 3 fully saturated rings. The summed E-state index contributed by atoms with van der Waals surface area (Å²) in [6, 6.07) is 1.11. The fourth-order valence-electron chi connectivity index (χ4n) is 3.16. The number of aromatic nitrogens is 1. The van der Waals surface area contributed by atoms with Crippen molar-refractivity contribution in [3.63, 3.8) is 0 Å². The van der Waals surface area contributed by atoms with Crippen LogP contribution in [0.5, 0.6) is 0 Å². The monoisotopic (exact) mass is 282 g/mol. The lowest BCUT2D eigenvalue weighted by atomic mass is 9.84. The predicted molar refractivity (Wildman–Crippen MR) is 74.9 cm³/mol. The molecule has 0 aromatic carbocycles. The smallest absolute Gasteiger partial charge is 0.168 e. The van der Waals surface area contributed by atoms with Crippen LogP contribution in [0.25, 0.3) is 0 Å². The highest BCUT2D eigenvalue weighted by Crippen LogP contribution is 2.30. The molecular weight excluding hydrogens is 262 g/mol. The third-order valence-corrected chi connectivity index (χ3v) is 4.25. The summed E-state index contributed by atoms with van der Waals surface area (Å²) in [7, 11) is 0. The second kappa shape index (κ2) is 5.52. The van der Waals surface area contributed by atoms with E-state index in [1.165, 1.54) is 0 Å². The van der Waals surface area contributed by atoms with Crippen molar-refractivity contribution in [1.29, 1.82) is 0 Å². The molecule has 4 nitrogen and oxygen atoms in total. The number of nitrogens with one attached hydrogen (secondary N) is 2. The molecule has 1 aromatic heterocycles. The van der Waals surface area contributed by atoms with E-state index in [9.17, 15) is 8.78 Å². The van der Waals surface area contributed by atoms with Gasteiger partial charge in [0.1, 0.15) is 0 Å². The number of halogens is 2. The molecule has 3 aliphatic rings. The van der Waals surface area contributed by atoms with Crippen molar-refractivity contribution in [2.24, 2.45) is 5.92 Å². The van der Waals surface area contributed by atoms with Crippen LogP contribution in [0.3, 0.4) is 0 Å². The van der Waals surface area contributed by atoms with Crippen molar-refractivity contribution < 1.29 is 8.78 Å². The summed E-state index contributed by atoms with van der Waals surface area (Å²) in [6.07, 6.45) is 2.28. The number of fused-ring (bicyclic) bond motifs is 3. The first kappa shape index (κ1) is 13.5. The van der Waals surface area contributed by atoms with Gasteiger partial charge >= 0.3 is 0 Å². The summed E-state index contributed by atoms with van der Waals surface area (Å²) < 4.78 is 27.4. The molecule has 4 heterocycles. The summed E-state index contributed by atoms with van der Waals surface area (Å²) in [4.78, 5) is 6.43. The van der Waals surface area contributed by atoms with Crippen LogP contribution in [-0.4, -0.2) is 42.1 Å². The van der Waals surface area contributed by atoms with Crippen molar-refractivity contribution in [1.82, 2.24) is 9.88 Å². The van der Waals surface area contributed by atoms with Crippen molar-refractivity contribution in [2.45, 2.75) is 25.8 Å². The molecule has 6 heteroatoms. The summed E-state index contributed by atoms with van der Waals surface area (Å²) in [5, 5.41) is 5.98. The zero-order valence-electron chi connectivity index (χ0n) is 11.6. The van der Waals surface area contributed by atoms with Crippen molar-refractivity contribution in [3.05, 3.63) is 17.7 Å². The molecule has 1 aromatic rings. The quantitative estimate of drug-likeness (QED) is 0.889. The van der Waals surface area contributed by atoms with Crippen LogP contribution >= 0.6 is 0 Å². The summed E-state index contributed by atoms with van der Waals surface area (Å²) >= 11 is 0. The normalized spacial score (nSPS) is 28.4. The lowest BCUT2D eigenvalue weighted by Crippen LogP contribution is -2.53. The van der Waals surface area contributed by atoms with E-state index < -0.39 is 11.6 Å². The van der Waals surface area contributed by atoms with E-state index in [0.717, 1.165) is 38.5 Å². The number of piperidine rings is 3. The third-order valence-electron chi connectivity index (χ3n) is 4.25. The number of nitrogens with zero attached hydrogens (tertiary/aromatic N) is 2. The number of pyridine rings is 1. The van der Waals surface area contributed by atoms with Gasteiger partial charge in [0.2, 0.25) is 0 Å². The minimum absolute atomic E-state index is 0.109. The molecule has 0 spiro atoms. The molecule has 0 aliphatic carbocycles. The highest BCUT2D eigenvalue weighted by molar-refractivity contribution is 5.48. The minimum Gasteiger partial charge on any atom is -0.368 e. The molecule has 2 N–H and O–H groups in total. The Morgan fingerprint density at radius 1 is 1.25 bits per heavy atom. The minimum atomic E-state index is -0.649. The van der Waals surface area contributed by atoms with E-state index in [1.807, 2.05) is 6.92 Å². The number of anilines is 2. The van der Waals surface area contributed by atoms with Crippen molar-refractivity contribution in [2.75, 3.05) is 36.8 Å². The number of rotatable bonds is 4. The SMILES string of the molecule is CCNc1nc(NC2CN3CCC2CC3)c(F)cc1F. The molecule has 3 saturated heterocycles. The molecule has 4 rings (SSSR count). The zero-order valence-corrected chi connectivity index (χ0v) is 11.6. The van der Waals surface area contributed by atoms with E-state index >= 15 is 0 Å². The zero-order chi connectivity index (χ0) is 14.1. The molecule has 0 radical (unpaired) electrons. The lowest BCUT2D eigenvalue weighted by molar-refractivity contribution is 0.0972. The molecule has 2 bridgehead atoms. The fraction of sp³-hybridized carbons (Fsp3) is 0.643. The van der Waals surface area contributed by atoms with E-state index in [0.29, 0.717) is 12.5 Å². The topological polar surface area (TPSA) is 40.2 Å². The van der Waals surface area contributed by atoms with Gasteiger partial charge in [0.15, 0.2) is 23.3 Å². The molecule has 110 valence electrons. The van der Waals surface area contributed by atoms with Gasteiger partial charge in [-0.1, -0.05) is 0 Å². The molecule has 20 heavy (non-hydrogen) atoms. The van der Waals surface area contributed by atoms with Gasteiger partial charge in [-0.3, -0.25) is 0 Å². The molecule has 0 saturated carbocycles. The highest BCUT2D eigenvalue weighted by atomic mass is 19.1. The van der Waals surface area contributed by atoms with Gasteiger partial charge in [-0.25, -0.2) is 13.8 Å². The third kappa shape index (κ3) is 2.57. The van der Waals surface area contributed by atoms with Gasteiger partial charge in [0.25, 0.3) is 0 Å². The van der Waals surface area contributed by atoms with E-state index in [1.54, 1.807) is 0 Å². The first-order chi connectivity index (χ1) is 9.67. The first-order valence-corrected chi connectivity index (χ1v) is 7.26. The molecular formula is C14H20F2N4. The second-order valence-corrected chi connectivity index (χ2v) is 5.57. The maximum Gasteiger partial charge on any atom is 0.168 e. The van der Waals surface area contributed by atoms with Crippen molar-refractivity contribution in [3.8, 4) is 0 Å². The fourth-order valence-corrected chi connectivity index (χ4v) is 3.16. The van der Waals surface area contributed by atoms with Gasteiger partial charge in [-0.15, -0.1) is 0 Å². The Balaban J connectivity index is 1.78. The van der Waals surface area contributed by atoms with Crippen LogP contribution in [0.15, 0.2) is 6.07 Å². The molecule has 3 aliphatic heterocycles. The Labute approximate surface area is 117 Å². The highest BCUT2D eigenvalue weighted by Gasteiger charge is 2.34. The first-order valence-electron chi connectivity index (χ1n) is 7.26. The number of hydrogen-bond acceptors (Lipinski definition) is 4.